The predicted molar refractivity (Wildman–Crippen MR) is 188 cm³/mol. The van der Waals surface area contributed by atoms with Gasteiger partial charge in [0.2, 0.25) is 0 Å². The number of nitrogens with zero attached hydrogens (tertiary/aromatic N) is 5. The molecule has 10 heteroatoms. The maximum absolute atomic E-state index is 13.7. The van der Waals surface area contributed by atoms with Gasteiger partial charge in [-0.25, -0.2) is 9.78 Å². The molecule has 3 heterocycles. The first-order valence-electron chi connectivity index (χ1n) is 16.6. The maximum atomic E-state index is 13.7. The van der Waals surface area contributed by atoms with Crippen LogP contribution in [0.25, 0.3) is 0 Å². The SMILES string of the molecule is CC(C)(C)OC(=O)N1CCN(c2ccc(C#Cc3ccc4c(n3)CN(C3C(C)(C)C(Oc5ccc(C#N)c(Cl)c5)C3(C)C)C4=O)cc2)CC1. The summed E-state index contributed by atoms with van der Waals surface area (Å²) in [6, 6.07) is 18.8. The number of pyridine rings is 1. The highest BCUT2D eigenvalue weighted by molar-refractivity contribution is 6.31. The summed E-state index contributed by atoms with van der Waals surface area (Å²) in [5, 5.41) is 9.57. The highest BCUT2D eigenvalue weighted by Crippen LogP contribution is 2.59. The van der Waals surface area contributed by atoms with Crippen molar-refractivity contribution in [3.8, 4) is 23.7 Å². The van der Waals surface area contributed by atoms with E-state index in [1.54, 1.807) is 23.1 Å². The largest absolute Gasteiger partial charge is 0.489 e. The molecule has 1 saturated carbocycles. The highest BCUT2D eigenvalue weighted by atomic mass is 35.5. The molecule has 49 heavy (non-hydrogen) atoms. The summed E-state index contributed by atoms with van der Waals surface area (Å²) in [4.78, 5) is 36.8. The molecule has 0 radical (unpaired) electrons. The number of carbonyl (C=O) groups is 2. The van der Waals surface area contributed by atoms with Gasteiger partial charge in [-0.05, 0) is 75.2 Å². The minimum absolute atomic E-state index is 0.0319. The Morgan fingerprint density at radius 2 is 1.63 bits per heavy atom. The van der Waals surface area contributed by atoms with E-state index >= 15 is 0 Å². The molecule has 1 aromatic heterocycles. The van der Waals surface area contributed by atoms with Gasteiger partial charge in [-0.3, -0.25) is 4.79 Å². The maximum Gasteiger partial charge on any atom is 0.410 e. The zero-order valence-electron chi connectivity index (χ0n) is 29.1. The molecule has 0 unspecified atom stereocenters. The van der Waals surface area contributed by atoms with Crippen molar-refractivity contribution in [2.75, 3.05) is 31.1 Å². The van der Waals surface area contributed by atoms with Crippen LogP contribution in [0.4, 0.5) is 10.5 Å². The van der Waals surface area contributed by atoms with Crippen LogP contribution >= 0.6 is 11.6 Å². The molecule has 0 N–H and O–H groups in total. The van der Waals surface area contributed by atoms with Gasteiger partial charge in [-0.2, -0.15) is 5.26 Å². The van der Waals surface area contributed by atoms with Crippen LogP contribution in [0.3, 0.4) is 0 Å². The lowest BCUT2D eigenvalue weighted by Gasteiger charge is -2.65. The van der Waals surface area contributed by atoms with Crippen molar-refractivity contribution in [2.24, 2.45) is 10.8 Å². The predicted octanol–water partition coefficient (Wildman–Crippen LogP) is 6.90. The van der Waals surface area contributed by atoms with Crippen molar-refractivity contribution in [3.05, 3.63) is 87.7 Å². The first kappa shape index (κ1) is 34.1. The summed E-state index contributed by atoms with van der Waals surface area (Å²) in [6.07, 6.45) is -0.454. The average molecular weight is 680 g/mol. The molecule has 2 aliphatic heterocycles. The normalized spacial score (nSPS) is 20.8. The van der Waals surface area contributed by atoms with Crippen LogP contribution in [0.15, 0.2) is 54.6 Å². The minimum Gasteiger partial charge on any atom is -0.489 e. The Kier molecular flexibility index (Phi) is 8.79. The lowest BCUT2D eigenvalue weighted by Crippen LogP contribution is -2.74. The number of anilines is 1. The molecule has 1 aliphatic carbocycles. The number of nitriles is 1. The molecule has 3 aliphatic rings. The molecule has 2 amide bonds. The molecule has 254 valence electrons. The Bertz CT molecular complexity index is 1870. The van der Waals surface area contributed by atoms with E-state index in [9.17, 15) is 14.9 Å². The molecule has 3 aromatic rings. The van der Waals surface area contributed by atoms with Crippen LogP contribution in [-0.4, -0.2) is 70.7 Å². The molecular weight excluding hydrogens is 638 g/mol. The first-order chi connectivity index (χ1) is 23.1. The van der Waals surface area contributed by atoms with Gasteiger partial charge < -0.3 is 24.2 Å². The number of fused-ring (bicyclic) bond motifs is 1. The molecule has 0 bridgehead atoms. The van der Waals surface area contributed by atoms with E-state index < -0.39 is 5.60 Å². The van der Waals surface area contributed by atoms with E-state index in [1.807, 2.05) is 49.9 Å². The summed E-state index contributed by atoms with van der Waals surface area (Å²) < 4.78 is 11.9. The number of benzene rings is 2. The zero-order valence-corrected chi connectivity index (χ0v) is 29.9. The third-order valence-corrected chi connectivity index (χ3v) is 9.98. The second-order valence-corrected chi connectivity index (χ2v) is 15.6. The quantitative estimate of drug-likeness (QED) is 0.277. The fourth-order valence-electron chi connectivity index (χ4n) is 7.86. The highest BCUT2D eigenvalue weighted by Gasteiger charge is 2.67. The Hall–Kier alpha value is -4.73. The number of amides is 2. The molecule has 1 saturated heterocycles. The molecule has 2 aromatic carbocycles. The van der Waals surface area contributed by atoms with Gasteiger partial charge in [-0.15, -0.1) is 0 Å². The van der Waals surface area contributed by atoms with Crippen LogP contribution in [0.5, 0.6) is 5.75 Å². The van der Waals surface area contributed by atoms with Crippen LogP contribution in [-0.2, 0) is 11.3 Å². The average Bonchev–Trinajstić information content (AvgIpc) is 3.35. The number of piperazine rings is 1. The van der Waals surface area contributed by atoms with Crippen molar-refractivity contribution < 1.29 is 19.1 Å². The number of aromatic nitrogens is 1. The van der Waals surface area contributed by atoms with Crippen molar-refractivity contribution in [2.45, 2.75) is 72.8 Å². The van der Waals surface area contributed by atoms with Gasteiger partial charge in [0.05, 0.1) is 28.4 Å². The Balaban J connectivity index is 1.09. The molecule has 2 fully saturated rings. The number of halogens is 1. The summed E-state index contributed by atoms with van der Waals surface area (Å²) in [5.74, 6) is 6.96. The molecule has 0 spiro atoms. The van der Waals surface area contributed by atoms with Crippen LogP contribution < -0.4 is 9.64 Å². The van der Waals surface area contributed by atoms with E-state index in [0.717, 1.165) is 30.0 Å². The fraction of sp³-hybridized carbons (Fsp3) is 0.436. The smallest absolute Gasteiger partial charge is 0.410 e. The zero-order chi connectivity index (χ0) is 35.3. The number of carbonyl (C=O) groups excluding carboxylic acids is 2. The van der Waals surface area contributed by atoms with Gasteiger partial charge in [0.1, 0.15) is 29.2 Å². The Morgan fingerprint density at radius 3 is 2.24 bits per heavy atom. The molecular formula is C39H42ClN5O4. The van der Waals surface area contributed by atoms with Crippen molar-refractivity contribution in [1.29, 1.82) is 5.26 Å². The topological polar surface area (TPSA) is 99.0 Å². The number of rotatable bonds is 4. The number of hydrogen-bond acceptors (Lipinski definition) is 7. The van der Waals surface area contributed by atoms with Gasteiger partial charge >= 0.3 is 6.09 Å². The monoisotopic (exact) mass is 679 g/mol. The van der Waals surface area contributed by atoms with Crippen LogP contribution in [0.1, 0.15) is 81.3 Å². The van der Waals surface area contributed by atoms with Gasteiger partial charge in [0.25, 0.3) is 5.91 Å². The fourth-order valence-corrected chi connectivity index (χ4v) is 8.07. The van der Waals surface area contributed by atoms with Crippen molar-refractivity contribution >= 4 is 29.3 Å². The van der Waals surface area contributed by atoms with E-state index in [0.29, 0.717) is 47.2 Å². The van der Waals surface area contributed by atoms with Gasteiger partial charge in [0, 0.05) is 60.4 Å². The summed E-state index contributed by atoms with van der Waals surface area (Å²) in [6.45, 7) is 17.2. The van der Waals surface area contributed by atoms with E-state index in [4.69, 9.17) is 26.1 Å². The molecule has 0 atom stereocenters. The lowest BCUT2D eigenvalue weighted by molar-refractivity contribution is -0.199. The van der Waals surface area contributed by atoms with Gasteiger partial charge in [0.15, 0.2) is 0 Å². The summed E-state index contributed by atoms with van der Waals surface area (Å²) in [7, 11) is 0. The van der Waals surface area contributed by atoms with Crippen LogP contribution in [0.2, 0.25) is 5.02 Å². The molecule has 6 rings (SSSR count). The Morgan fingerprint density at radius 1 is 0.959 bits per heavy atom. The van der Waals surface area contributed by atoms with E-state index in [2.05, 4.69) is 62.6 Å². The third-order valence-electron chi connectivity index (χ3n) is 9.67. The van der Waals surface area contributed by atoms with Gasteiger partial charge in [-0.1, -0.05) is 45.2 Å². The standard InChI is InChI=1S/C39H42ClN5O4/c1-37(2,3)49-36(47)44-20-18-43(19-21-44)28-14-9-25(10-15-28)8-12-27-13-17-30-32(42-27)24-45(33(30)46)34-38(4,5)35(39(34,6)7)48-29-16-11-26(23-41)31(40)22-29/h9-11,13-17,22,34-35H,18-21,24H2,1-7H3. The summed E-state index contributed by atoms with van der Waals surface area (Å²) >= 11 is 6.26. The lowest BCUT2D eigenvalue weighted by atomic mass is 9.49. The van der Waals surface area contributed by atoms with Crippen LogP contribution in [0, 0.1) is 34.0 Å². The molecule has 9 nitrogen and oxygen atoms in total. The van der Waals surface area contributed by atoms with Crippen molar-refractivity contribution in [3.63, 3.8) is 0 Å². The van der Waals surface area contributed by atoms with E-state index in [-0.39, 0.29) is 35.0 Å². The number of hydrogen-bond donors (Lipinski definition) is 0. The number of ether oxygens (including phenoxy) is 2. The summed E-state index contributed by atoms with van der Waals surface area (Å²) in [5.41, 5.74) is 3.07. The first-order valence-corrected chi connectivity index (χ1v) is 17.0. The van der Waals surface area contributed by atoms with Crippen molar-refractivity contribution in [1.82, 2.24) is 14.8 Å². The second kappa shape index (κ2) is 12.6. The van der Waals surface area contributed by atoms with E-state index in [1.165, 1.54) is 0 Å². The minimum atomic E-state index is -0.506. The Labute approximate surface area is 293 Å². The third kappa shape index (κ3) is 6.65. The second-order valence-electron chi connectivity index (χ2n) is 15.2.